The first kappa shape index (κ1) is 25.2. The number of nitrogens with one attached hydrogen (secondary N) is 1. The zero-order chi connectivity index (χ0) is 25.2. The van der Waals surface area contributed by atoms with Crippen molar-refractivity contribution in [1.29, 1.82) is 0 Å². The number of carbonyl (C=O) groups excluding carboxylic acids is 1. The first-order chi connectivity index (χ1) is 15.9. The summed E-state index contributed by atoms with van der Waals surface area (Å²) in [7, 11) is -4.26. The van der Waals surface area contributed by atoms with E-state index in [1.54, 1.807) is 6.07 Å². The summed E-state index contributed by atoms with van der Waals surface area (Å²) in [6, 6.07) is 11.4. The summed E-state index contributed by atoms with van der Waals surface area (Å²) >= 11 is 0. The Morgan fingerprint density at radius 1 is 1.03 bits per heavy atom. The number of carbonyl (C=O) groups is 1. The van der Waals surface area contributed by atoms with Crippen molar-refractivity contribution < 1.29 is 19.4 Å². The molecule has 3 rings (SSSR count). The number of nitrogen functional groups attached to an aromatic ring is 1. The van der Waals surface area contributed by atoms with Crippen LogP contribution in [0.25, 0.3) is 0 Å². The number of ether oxygens (including phenoxy) is 1. The van der Waals surface area contributed by atoms with Gasteiger partial charge < -0.3 is 10.5 Å². The van der Waals surface area contributed by atoms with Crippen molar-refractivity contribution in [2.45, 2.75) is 52.5 Å². The van der Waals surface area contributed by atoms with Gasteiger partial charge in [-0.3, -0.25) is 4.79 Å². The lowest BCUT2D eigenvalue weighted by atomic mass is 9.94. The van der Waals surface area contributed by atoms with E-state index in [1.165, 1.54) is 24.3 Å². The molecule has 0 bridgehead atoms. The van der Waals surface area contributed by atoms with Crippen LogP contribution in [0, 0.1) is 26.7 Å². The normalized spacial score (nSPS) is 12.4. The lowest BCUT2D eigenvalue weighted by Gasteiger charge is -2.19. The van der Waals surface area contributed by atoms with Gasteiger partial charge in [0, 0.05) is 13.0 Å². The molecule has 0 aliphatic rings. The number of anilines is 1. The number of hydrogen-bond acceptors (Lipinski definition) is 7. The van der Waals surface area contributed by atoms with Crippen molar-refractivity contribution in [2.75, 3.05) is 5.73 Å². The van der Waals surface area contributed by atoms with Crippen LogP contribution in [0.2, 0.25) is 0 Å². The highest BCUT2D eigenvalue weighted by atomic mass is 32.2. The zero-order valence-corrected chi connectivity index (χ0v) is 21.0. The molecular formula is C25H32N4O4S. The Kier molecular flexibility index (Phi) is 7.26. The molecule has 1 unspecified atom stereocenters. The molecule has 0 fully saturated rings. The molecule has 8 nitrogen and oxygen atoms in total. The summed E-state index contributed by atoms with van der Waals surface area (Å²) in [5.41, 5.74) is 9.17. The molecule has 0 aliphatic carbocycles. The second-order valence-corrected chi connectivity index (χ2v) is 10.4. The van der Waals surface area contributed by atoms with Crippen LogP contribution in [0.3, 0.4) is 0 Å². The fourth-order valence-corrected chi connectivity index (χ4v) is 4.48. The van der Waals surface area contributed by atoms with E-state index in [-0.39, 0.29) is 29.6 Å². The molecule has 1 atom stereocenters. The maximum Gasteiger partial charge on any atom is 0.281 e. The average molecular weight is 485 g/mol. The number of aromatic nitrogens is 2. The van der Waals surface area contributed by atoms with E-state index in [0.29, 0.717) is 11.7 Å². The van der Waals surface area contributed by atoms with E-state index in [4.69, 9.17) is 10.5 Å². The number of nitrogens with two attached hydrogens (primary N) is 1. The summed E-state index contributed by atoms with van der Waals surface area (Å²) < 4.78 is 33.7. The van der Waals surface area contributed by atoms with Crippen molar-refractivity contribution in [1.82, 2.24) is 14.7 Å². The molecule has 34 heavy (non-hydrogen) atoms. The van der Waals surface area contributed by atoms with Crippen molar-refractivity contribution in [3.05, 3.63) is 70.4 Å². The Hall–Kier alpha value is -3.46. The predicted octanol–water partition coefficient (Wildman–Crippen LogP) is 4.90. The van der Waals surface area contributed by atoms with E-state index in [0.717, 1.165) is 22.4 Å². The van der Waals surface area contributed by atoms with Crippen molar-refractivity contribution in [3.8, 4) is 11.6 Å². The number of nitrogens with zero attached hydrogens (tertiary/aromatic N) is 2. The number of benzene rings is 1. The van der Waals surface area contributed by atoms with Gasteiger partial charge in [0.15, 0.2) is 5.03 Å². The van der Waals surface area contributed by atoms with Crippen LogP contribution in [0.15, 0.2) is 47.5 Å². The lowest BCUT2D eigenvalue weighted by molar-refractivity contribution is 0.0978. The maximum absolute atomic E-state index is 13.1. The number of hydrogen-bond donors (Lipinski definition) is 2. The monoisotopic (exact) mass is 484 g/mol. The van der Waals surface area contributed by atoms with Crippen LogP contribution in [0.4, 0.5) is 5.82 Å². The van der Waals surface area contributed by atoms with E-state index in [9.17, 15) is 13.2 Å². The SMILES string of the molecule is Cc1cc(C)c(Oc2nc(C(C)C(C)C)ccc2C(=O)NS(=O)(=O)c2cccc(N)n2)c(C)c1.[HH]. The fraction of sp³-hybridized carbons (Fsp3) is 0.320. The Morgan fingerprint density at radius 2 is 1.68 bits per heavy atom. The second-order valence-electron chi connectivity index (χ2n) is 8.79. The largest absolute Gasteiger partial charge is 0.438 e. The molecule has 3 aromatic rings. The number of aryl methyl sites for hydroxylation is 3. The third kappa shape index (κ3) is 5.53. The molecule has 9 heteroatoms. The van der Waals surface area contributed by atoms with Crippen LogP contribution >= 0.6 is 0 Å². The third-order valence-electron chi connectivity index (χ3n) is 5.64. The molecule has 182 valence electrons. The predicted molar refractivity (Wildman–Crippen MR) is 134 cm³/mol. The van der Waals surface area contributed by atoms with Crippen LogP contribution in [0.1, 0.15) is 60.9 Å². The zero-order valence-electron chi connectivity index (χ0n) is 20.2. The van der Waals surface area contributed by atoms with Gasteiger partial charge in [-0.2, -0.15) is 8.42 Å². The molecule has 0 saturated carbocycles. The van der Waals surface area contributed by atoms with Crippen LogP contribution in [0.5, 0.6) is 11.6 Å². The van der Waals surface area contributed by atoms with Gasteiger partial charge >= 0.3 is 0 Å². The number of rotatable bonds is 7. The molecule has 0 aliphatic heterocycles. The van der Waals surface area contributed by atoms with Gasteiger partial charge in [0.1, 0.15) is 17.1 Å². The Bertz CT molecular complexity index is 1320. The highest BCUT2D eigenvalue weighted by molar-refractivity contribution is 7.90. The summed E-state index contributed by atoms with van der Waals surface area (Å²) in [5.74, 6) is 0.157. The van der Waals surface area contributed by atoms with E-state index >= 15 is 0 Å². The molecule has 2 heterocycles. The molecule has 2 aromatic heterocycles. The van der Waals surface area contributed by atoms with Crippen molar-refractivity contribution in [3.63, 3.8) is 0 Å². The van der Waals surface area contributed by atoms with Crippen LogP contribution < -0.4 is 15.2 Å². The van der Waals surface area contributed by atoms with E-state index in [1.807, 2.05) is 44.5 Å². The van der Waals surface area contributed by atoms with Gasteiger partial charge in [-0.25, -0.2) is 14.7 Å². The van der Waals surface area contributed by atoms with E-state index in [2.05, 4.69) is 23.8 Å². The van der Waals surface area contributed by atoms with E-state index < -0.39 is 15.9 Å². The Morgan fingerprint density at radius 3 is 2.26 bits per heavy atom. The molecule has 1 amide bonds. The first-order valence-electron chi connectivity index (χ1n) is 11.0. The number of pyridine rings is 2. The summed E-state index contributed by atoms with van der Waals surface area (Å²) in [4.78, 5) is 21.5. The number of amides is 1. The van der Waals surface area contributed by atoms with Crippen molar-refractivity contribution in [2.24, 2.45) is 5.92 Å². The average Bonchev–Trinajstić information content (AvgIpc) is 2.75. The molecule has 0 saturated heterocycles. The van der Waals surface area contributed by atoms with Crippen molar-refractivity contribution >= 4 is 21.7 Å². The topological polar surface area (TPSA) is 124 Å². The standard InChI is InChI=1S/C25H30N4O4S.H2/c1-14(2)18(6)20-11-10-19(24(30)29-34(31,32)22-9-7-8-21(26)28-22)25(27-20)33-23-16(4)12-15(3)13-17(23)5;/h7-14,18H,1-6H3,(H2,26,28)(H,29,30);1H. The minimum atomic E-state index is -4.26. The smallest absolute Gasteiger partial charge is 0.281 e. The number of sulfonamides is 1. The van der Waals surface area contributed by atoms with Gasteiger partial charge in [-0.1, -0.05) is 44.5 Å². The summed E-state index contributed by atoms with van der Waals surface area (Å²) in [6.45, 7) is 12.0. The highest BCUT2D eigenvalue weighted by Crippen LogP contribution is 2.33. The van der Waals surface area contributed by atoms with Gasteiger partial charge in [-0.05, 0) is 62.1 Å². The summed E-state index contributed by atoms with van der Waals surface area (Å²) in [6.07, 6.45) is 0. The minimum absolute atomic E-state index is 0. The lowest BCUT2D eigenvalue weighted by Crippen LogP contribution is -2.31. The second kappa shape index (κ2) is 9.80. The molecule has 0 radical (unpaired) electrons. The first-order valence-corrected chi connectivity index (χ1v) is 12.4. The van der Waals surface area contributed by atoms with Crippen LogP contribution in [-0.4, -0.2) is 24.3 Å². The molecule has 1 aromatic carbocycles. The highest BCUT2D eigenvalue weighted by Gasteiger charge is 2.25. The van der Waals surface area contributed by atoms with Gasteiger partial charge in [0.2, 0.25) is 5.88 Å². The summed E-state index contributed by atoms with van der Waals surface area (Å²) in [5, 5.41) is -0.355. The minimum Gasteiger partial charge on any atom is -0.438 e. The van der Waals surface area contributed by atoms with Gasteiger partial charge in [0.25, 0.3) is 15.9 Å². The maximum atomic E-state index is 13.1. The molecule has 3 N–H and O–H groups in total. The van der Waals surface area contributed by atoms with Gasteiger partial charge in [0.05, 0.1) is 0 Å². The third-order valence-corrected chi connectivity index (χ3v) is 6.88. The fourth-order valence-electron chi connectivity index (χ4n) is 3.53. The molecule has 0 spiro atoms. The molecular weight excluding hydrogens is 452 g/mol. The quantitative estimate of drug-likeness (QED) is 0.489. The van der Waals surface area contributed by atoms with Crippen LogP contribution in [-0.2, 0) is 10.0 Å². The Labute approximate surface area is 202 Å². The van der Waals surface area contributed by atoms with Gasteiger partial charge in [-0.15, -0.1) is 0 Å². The Balaban J connectivity index is 0.00000432.